The largest absolute Gasteiger partial charge is 0.331 e. The molecule has 2 N–H and O–H groups in total. The van der Waals surface area contributed by atoms with Gasteiger partial charge in [0.25, 0.3) is 0 Å². The van der Waals surface area contributed by atoms with E-state index in [1.165, 1.54) is 0 Å². The third-order valence-electron chi connectivity index (χ3n) is 3.74. The summed E-state index contributed by atoms with van der Waals surface area (Å²) in [5.74, 6) is 0.102. The van der Waals surface area contributed by atoms with Gasteiger partial charge in [-0.2, -0.15) is 0 Å². The van der Waals surface area contributed by atoms with Gasteiger partial charge < -0.3 is 10.6 Å². The molecule has 0 bridgehead atoms. The van der Waals surface area contributed by atoms with Crippen LogP contribution in [0.3, 0.4) is 0 Å². The van der Waals surface area contributed by atoms with Crippen molar-refractivity contribution < 1.29 is 4.79 Å². The lowest BCUT2D eigenvalue weighted by Gasteiger charge is -2.49. The number of carbonyl (C=O) groups is 1. The van der Waals surface area contributed by atoms with Crippen molar-refractivity contribution in [2.45, 2.75) is 32.0 Å². The van der Waals surface area contributed by atoms with Gasteiger partial charge in [-0.25, -0.2) is 0 Å². The molecular formula is C14H22N4O. The number of amides is 1. The molecule has 1 atom stereocenters. The van der Waals surface area contributed by atoms with Crippen molar-refractivity contribution in [3.8, 4) is 0 Å². The maximum Gasteiger partial charge on any atom is 0.242 e. The van der Waals surface area contributed by atoms with E-state index in [0.29, 0.717) is 13.1 Å². The highest BCUT2D eigenvalue weighted by Crippen LogP contribution is 2.26. The Hall–Kier alpha value is -1.46. The Morgan fingerprint density at radius 3 is 2.84 bits per heavy atom. The normalized spacial score (nSPS) is 23.7. The van der Waals surface area contributed by atoms with Gasteiger partial charge in [0.1, 0.15) is 6.04 Å². The predicted molar refractivity (Wildman–Crippen MR) is 74.3 cm³/mol. The van der Waals surface area contributed by atoms with E-state index in [9.17, 15) is 4.79 Å². The molecule has 19 heavy (non-hydrogen) atoms. The molecule has 0 aliphatic carbocycles. The number of likely N-dealkylation sites (N-methyl/N-ethyl adjacent to an activating group) is 1. The molecule has 1 saturated heterocycles. The lowest BCUT2D eigenvalue weighted by molar-refractivity contribution is -0.150. The number of rotatable bonds is 3. The zero-order valence-corrected chi connectivity index (χ0v) is 11.8. The highest BCUT2D eigenvalue weighted by atomic mass is 16.2. The van der Waals surface area contributed by atoms with Crippen LogP contribution < -0.4 is 5.73 Å². The third-order valence-corrected chi connectivity index (χ3v) is 3.74. The lowest BCUT2D eigenvalue weighted by Crippen LogP contribution is -2.66. The summed E-state index contributed by atoms with van der Waals surface area (Å²) in [5, 5.41) is 0. The second-order valence-electron chi connectivity index (χ2n) is 5.76. The topological polar surface area (TPSA) is 62.5 Å². The molecule has 0 radical (unpaired) electrons. The number of pyridine rings is 1. The van der Waals surface area contributed by atoms with Crippen LogP contribution in [-0.4, -0.2) is 52.4 Å². The first-order chi connectivity index (χ1) is 8.95. The van der Waals surface area contributed by atoms with Crippen molar-refractivity contribution in [3.05, 3.63) is 30.1 Å². The summed E-state index contributed by atoms with van der Waals surface area (Å²) < 4.78 is 0. The fourth-order valence-corrected chi connectivity index (χ4v) is 2.72. The summed E-state index contributed by atoms with van der Waals surface area (Å²) in [6, 6.07) is 3.67. The molecule has 0 saturated carbocycles. The number of hydrogen-bond acceptors (Lipinski definition) is 4. The number of hydrogen-bond donors (Lipinski definition) is 1. The summed E-state index contributed by atoms with van der Waals surface area (Å²) >= 11 is 0. The zero-order chi connectivity index (χ0) is 14.0. The number of aromatic nitrogens is 1. The van der Waals surface area contributed by atoms with Gasteiger partial charge in [-0.15, -0.1) is 0 Å². The molecule has 0 aromatic carbocycles. The molecule has 1 aliphatic rings. The third kappa shape index (κ3) is 2.77. The predicted octanol–water partition coefficient (Wildman–Crippen LogP) is 0.462. The first kappa shape index (κ1) is 14.0. The quantitative estimate of drug-likeness (QED) is 0.859. The van der Waals surface area contributed by atoms with Crippen LogP contribution in [0.5, 0.6) is 0 Å². The van der Waals surface area contributed by atoms with E-state index in [2.05, 4.69) is 18.8 Å². The molecule has 5 heteroatoms. The molecule has 1 aromatic heterocycles. The van der Waals surface area contributed by atoms with Gasteiger partial charge in [0, 0.05) is 32.0 Å². The van der Waals surface area contributed by atoms with E-state index >= 15 is 0 Å². The van der Waals surface area contributed by atoms with E-state index < -0.39 is 0 Å². The molecule has 1 aliphatic heterocycles. The minimum atomic E-state index is -0.218. The fourth-order valence-electron chi connectivity index (χ4n) is 2.72. The number of carbonyl (C=O) groups excluding carboxylic acids is 1. The summed E-state index contributed by atoms with van der Waals surface area (Å²) in [5.41, 5.74) is 6.57. The molecular weight excluding hydrogens is 240 g/mol. The average molecular weight is 262 g/mol. The van der Waals surface area contributed by atoms with Crippen molar-refractivity contribution in [3.63, 3.8) is 0 Å². The van der Waals surface area contributed by atoms with Crippen LogP contribution in [0.15, 0.2) is 24.5 Å². The fraction of sp³-hybridized carbons (Fsp3) is 0.571. The minimum Gasteiger partial charge on any atom is -0.331 e. The van der Waals surface area contributed by atoms with Crippen molar-refractivity contribution >= 4 is 5.91 Å². The van der Waals surface area contributed by atoms with Crippen LogP contribution in [0.2, 0.25) is 0 Å². The van der Waals surface area contributed by atoms with Crippen molar-refractivity contribution in [2.24, 2.45) is 5.73 Å². The Morgan fingerprint density at radius 2 is 2.26 bits per heavy atom. The van der Waals surface area contributed by atoms with E-state index in [0.717, 1.165) is 12.1 Å². The number of nitrogens with zero attached hydrogens (tertiary/aromatic N) is 3. The summed E-state index contributed by atoms with van der Waals surface area (Å²) in [6.45, 7) is 5.94. The Kier molecular flexibility index (Phi) is 3.87. The van der Waals surface area contributed by atoms with Crippen LogP contribution in [0.25, 0.3) is 0 Å². The molecule has 1 aromatic rings. The van der Waals surface area contributed by atoms with Gasteiger partial charge in [0.05, 0.1) is 5.54 Å². The first-order valence-electron chi connectivity index (χ1n) is 6.56. The van der Waals surface area contributed by atoms with E-state index in [-0.39, 0.29) is 17.5 Å². The van der Waals surface area contributed by atoms with Gasteiger partial charge in [0.2, 0.25) is 5.91 Å². The van der Waals surface area contributed by atoms with Gasteiger partial charge in [-0.1, -0.05) is 6.07 Å². The molecule has 0 spiro atoms. The van der Waals surface area contributed by atoms with Crippen molar-refractivity contribution in [1.29, 1.82) is 0 Å². The maximum absolute atomic E-state index is 12.6. The first-order valence-corrected chi connectivity index (χ1v) is 6.56. The zero-order valence-electron chi connectivity index (χ0n) is 11.8. The molecule has 5 nitrogen and oxygen atoms in total. The van der Waals surface area contributed by atoms with Crippen LogP contribution >= 0.6 is 0 Å². The smallest absolute Gasteiger partial charge is 0.242 e. The monoisotopic (exact) mass is 262 g/mol. The highest BCUT2D eigenvalue weighted by Gasteiger charge is 2.42. The van der Waals surface area contributed by atoms with Crippen molar-refractivity contribution in [2.75, 3.05) is 20.1 Å². The molecule has 104 valence electrons. The van der Waals surface area contributed by atoms with Gasteiger partial charge in [-0.3, -0.25) is 14.7 Å². The molecule has 1 fully saturated rings. The number of nitrogens with two attached hydrogens (primary N) is 1. The van der Waals surface area contributed by atoms with Gasteiger partial charge >= 0.3 is 0 Å². The molecule has 2 heterocycles. The standard InChI is InChI=1S/C14H22N4O/c1-14(2)10-17(3)12(7-15)13(19)18(14)9-11-5-4-6-16-8-11/h4-6,8,12H,7,9-10,15H2,1-3H3. The van der Waals surface area contributed by atoms with Gasteiger partial charge in [0.15, 0.2) is 0 Å². The Morgan fingerprint density at radius 1 is 1.53 bits per heavy atom. The van der Waals surface area contributed by atoms with Gasteiger partial charge in [-0.05, 0) is 32.5 Å². The molecule has 1 unspecified atom stereocenters. The van der Waals surface area contributed by atoms with Crippen LogP contribution in [0, 0.1) is 0 Å². The summed E-state index contributed by atoms with van der Waals surface area (Å²) in [7, 11) is 1.96. The Balaban J connectivity index is 2.23. The highest BCUT2D eigenvalue weighted by molar-refractivity contribution is 5.83. The summed E-state index contributed by atoms with van der Waals surface area (Å²) in [6.07, 6.45) is 3.54. The van der Waals surface area contributed by atoms with E-state index in [1.54, 1.807) is 12.4 Å². The molecule has 1 amide bonds. The van der Waals surface area contributed by atoms with E-state index in [4.69, 9.17) is 5.73 Å². The average Bonchev–Trinajstić information content (AvgIpc) is 2.35. The lowest BCUT2D eigenvalue weighted by atomic mass is 9.94. The van der Waals surface area contributed by atoms with Crippen LogP contribution in [-0.2, 0) is 11.3 Å². The minimum absolute atomic E-state index is 0.102. The molecule has 2 rings (SSSR count). The maximum atomic E-state index is 12.6. The Labute approximate surface area is 114 Å². The Bertz CT molecular complexity index is 446. The number of piperazine rings is 1. The second kappa shape index (κ2) is 5.27. The second-order valence-corrected chi connectivity index (χ2v) is 5.76. The van der Waals surface area contributed by atoms with E-state index in [1.807, 2.05) is 29.0 Å². The van der Waals surface area contributed by atoms with Crippen LogP contribution in [0.1, 0.15) is 19.4 Å². The summed E-state index contributed by atoms with van der Waals surface area (Å²) in [4.78, 5) is 20.6. The SMILES string of the molecule is CN1CC(C)(C)N(Cc2cccnc2)C(=O)C1CN. The van der Waals surface area contributed by atoms with Crippen molar-refractivity contribution in [1.82, 2.24) is 14.8 Å². The van der Waals surface area contributed by atoms with Crippen LogP contribution in [0.4, 0.5) is 0 Å².